The molecule has 0 aliphatic carbocycles. The molecule has 5 nitrogen and oxygen atoms in total. The van der Waals surface area contributed by atoms with Crippen molar-refractivity contribution in [1.82, 2.24) is 20.5 Å². The molecule has 0 bridgehead atoms. The highest BCUT2D eigenvalue weighted by molar-refractivity contribution is 5.93. The molecule has 2 aromatic heterocycles. The highest BCUT2D eigenvalue weighted by Crippen LogP contribution is 2.16. The molecule has 0 radical (unpaired) electrons. The van der Waals surface area contributed by atoms with Crippen LogP contribution in [0.3, 0.4) is 0 Å². The van der Waals surface area contributed by atoms with Gasteiger partial charge in [0.2, 0.25) is 0 Å². The van der Waals surface area contributed by atoms with E-state index in [9.17, 15) is 4.79 Å². The van der Waals surface area contributed by atoms with Crippen LogP contribution in [0.1, 0.15) is 29.0 Å². The Morgan fingerprint density at radius 1 is 1.09 bits per heavy atom. The molecular weight excluding hydrogens is 276 g/mol. The van der Waals surface area contributed by atoms with Crippen molar-refractivity contribution in [2.75, 3.05) is 0 Å². The summed E-state index contributed by atoms with van der Waals surface area (Å²) < 4.78 is 0. The second kappa shape index (κ2) is 6.22. The monoisotopic (exact) mass is 292 g/mol. The number of nitrogens with zero attached hydrogens (tertiary/aromatic N) is 2. The molecule has 0 spiro atoms. The Bertz CT molecular complexity index is 753. The molecule has 0 saturated heterocycles. The normalized spacial score (nSPS) is 11.9. The number of hydrogen-bond acceptors (Lipinski definition) is 3. The van der Waals surface area contributed by atoms with Crippen molar-refractivity contribution >= 4 is 5.91 Å². The average molecular weight is 292 g/mol. The molecule has 2 heterocycles. The third-order valence-corrected chi connectivity index (χ3v) is 3.40. The number of aromatic nitrogens is 3. The van der Waals surface area contributed by atoms with Crippen molar-refractivity contribution in [3.8, 4) is 11.4 Å². The first-order valence-corrected chi connectivity index (χ1v) is 7.06. The van der Waals surface area contributed by atoms with Gasteiger partial charge in [0.05, 0.1) is 11.7 Å². The van der Waals surface area contributed by atoms with E-state index in [1.165, 1.54) is 0 Å². The first-order chi connectivity index (χ1) is 10.7. The number of rotatable bonds is 4. The number of carbonyl (C=O) groups is 1. The maximum Gasteiger partial charge on any atom is 0.269 e. The molecule has 2 N–H and O–H groups in total. The first kappa shape index (κ1) is 14.0. The first-order valence-electron chi connectivity index (χ1n) is 7.06. The van der Waals surface area contributed by atoms with Gasteiger partial charge in [-0.25, -0.2) is 0 Å². The predicted octanol–water partition coefficient (Wildman–Crippen LogP) is 2.96. The Morgan fingerprint density at radius 2 is 1.86 bits per heavy atom. The third kappa shape index (κ3) is 3.03. The fourth-order valence-electron chi connectivity index (χ4n) is 2.18. The summed E-state index contributed by atoms with van der Waals surface area (Å²) >= 11 is 0. The van der Waals surface area contributed by atoms with E-state index >= 15 is 0 Å². The maximum absolute atomic E-state index is 12.3. The standard InChI is InChI=1S/C17H16N4O/c1-12(13-7-3-2-4-8-13)19-17(22)16-11-15(20-21-16)14-9-5-6-10-18-14/h2-12H,1H3,(H,19,22)(H,20,21). The van der Waals surface area contributed by atoms with Gasteiger partial charge in [-0.2, -0.15) is 5.10 Å². The molecule has 1 unspecified atom stereocenters. The summed E-state index contributed by atoms with van der Waals surface area (Å²) in [7, 11) is 0. The molecule has 1 amide bonds. The highest BCUT2D eigenvalue weighted by atomic mass is 16.2. The summed E-state index contributed by atoms with van der Waals surface area (Å²) in [5.74, 6) is -0.189. The minimum absolute atomic E-state index is 0.0738. The van der Waals surface area contributed by atoms with Crippen molar-refractivity contribution in [2.45, 2.75) is 13.0 Å². The summed E-state index contributed by atoms with van der Waals surface area (Å²) in [4.78, 5) is 16.5. The van der Waals surface area contributed by atoms with Crippen LogP contribution >= 0.6 is 0 Å². The van der Waals surface area contributed by atoms with Crippen LogP contribution in [0.2, 0.25) is 0 Å². The lowest BCUT2D eigenvalue weighted by molar-refractivity contribution is 0.0935. The minimum atomic E-state index is -0.189. The molecule has 0 saturated carbocycles. The van der Waals surface area contributed by atoms with E-state index in [0.717, 1.165) is 11.3 Å². The Balaban J connectivity index is 1.72. The van der Waals surface area contributed by atoms with Gasteiger partial charge in [-0.3, -0.25) is 14.9 Å². The second-order valence-electron chi connectivity index (χ2n) is 4.99. The lowest BCUT2D eigenvalue weighted by Crippen LogP contribution is -2.26. The number of amides is 1. The van der Waals surface area contributed by atoms with Crippen molar-refractivity contribution in [3.63, 3.8) is 0 Å². The van der Waals surface area contributed by atoms with Gasteiger partial charge < -0.3 is 5.32 Å². The molecule has 0 aliphatic heterocycles. The summed E-state index contributed by atoms with van der Waals surface area (Å²) in [5, 5.41) is 9.84. The molecule has 22 heavy (non-hydrogen) atoms. The summed E-state index contributed by atoms with van der Waals surface area (Å²) in [6.07, 6.45) is 1.70. The zero-order valence-corrected chi connectivity index (χ0v) is 12.2. The van der Waals surface area contributed by atoms with Gasteiger partial charge in [-0.15, -0.1) is 0 Å². The fourth-order valence-corrected chi connectivity index (χ4v) is 2.18. The molecule has 110 valence electrons. The van der Waals surface area contributed by atoms with Crippen LogP contribution in [-0.4, -0.2) is 21.1 Å². The maximum atomic E-state index is 12.3. The lowest BCUT2D eigenvalue weighted by Gasteiger charge is -2.13. The zero-order chi connectivity index (χ0) is 15.4. The number of pyridine rings is 1. The minimum Gasteiger partial charge on any atom is -0.344 e. The molecule has 0 fully saturated rings. The average Bonchev–Trinajstić information content (AvgIpc) is 3.06. The van der Waals surface area contributed by atoms with Crippen LogP contribution in [-0.2, 0) is 0 Å². The Labute approximate surface area is 128 Å². The fraction of sp³-hybridized carbons (Fsp3) is 0.118. The van der Waals surface area contributed by atoms with Crippen LogP contribution in [0, 0.1) is 0 Å². The second-order valence-corrected chi connectivity index (χ2v) is 4.99. The van der Waals surface area contributed by atoms with Gasteiger partial charge in [0.25, 0.3) is 5.91 Å². The lowest BCUT2D eigenvalue weighted by atomic mass is 10.1. The van der Waals surface area contributed by atoms with Gasteiger partial charge >= 0.3 is 0 Å². The topological polar surface area (TPSA) is 70.7 Å². The number of H-pyrrole nitrogens is 1. The van der Waals surface area contributed by atoms with Crippen LogP contribution in [0.4, 0.5) is 0 Å². The number of carbonyl (C=O) groups excluding carboxylic acids is 1. The van der Waals surface area contributed by atoms with E-state index in [0.29, 0.717) is 11.4 Å². The van der Waals surface area contributed by atoms with Crippen LogP contribution in [0.25, 0.3) is 11.4 Å². The molecule has 3 aromatic rings. The number of aromatic amines is 1. The van der Waals surface area contributed by atoms with E-state index in [1.54, 1.807) is 12.3 Å². The summed E-state index contributed by atoms with van der Waals surface area (Å²) in [6, 6.07) is 17.0. The molecule has 3 rings (SSSR count). The van der Waals surface area contributed by atoms with Crippen LogP contribution in [0.5, 0.6) is 0 Å². The summed E-state index contributed by atoms with van der Waals surface area (Å²) in [6.45, 7) is 1.95. The third-order valence-electron chi connectivity index (χ3n) is 3.40. The molecule has 1 aromatic carbocycles. The number of benzene rings is 1. The van der Waals surface area contributed by atoms with Crippen LogP contribution in [0.15, 0.2) is 60.8 Å². The van der Waals surface area contributed by atoms with E-state index in [-0.39, 0.29) is 11.9 Å². The van der Waals surface area contributed by atoms with Crippen molar-refractivity contribution in [3.05, 3.63) is 72.1 Å². The molecule has 1 atom stereocenters. The quantitative estimate of drug-likeness (QED) is 0.776. The molecule has 5 heteroatoms. The van der Waals surface area contributed by atoms with Gasteiger partial charge in [-0.1, -0.05) is 36.4 Å². The van der Waals surface area contributed by atoms with E-state index < -0.39 is 0 Å². The zero-order valence-electron chi connectivity index (χ0n) is 12.2. The largest absolute Gasteiger partial charge is 0.344 e. The Kier molecular flexibility index (Phi) is 3.96. The van der Waals surface area contributed by atoms with Crippen molar-refractivity contribution < 1.29 is 4.79 Å². The number of nitrogens with one attached hydrogen (secondary N) is 2. The Morgan fingerprint density at radius 3 is 2.59 bits per heavy atom. The van der Waals surface area contributed by atoms with E-state index in [1.807, 2.05) is 55.5 Å². The molecule has 0 aliphatic rings. The van der Waals surface area contributed by atoms with Gasteiger partial charge in [0, 0.05) is 6.20 Å². The van der Waals surface area contributed by atoms with E-state index in [2.05, 4.69) is 20.5 Å². The van der Waals surface area contributed by atoms with Gasteiger partial charge in [0.1, 0.15) is 11.4 Å². The Hall–Kier alpha value is -2.95. The predicted molar refractivity (Wildman–Crippen MR) is 84.1 cm³/mol. The van der Waals surface area contributed by atoms with E-state index in [4.69, 9.17) is 0 Å². The number of hydrogen-bond donors (Lipinski definition) is 2. The summed E-state index contributed by atoms with van der Waals surface area (Å²) in [5.41, 5.74) is 2.86. The van der Waals surface area contributed by atoms with Crippen LogP contribution < -0.4 is 5.32 Å². The highest BCUT2D eigenvalue weighted by Gasteiger charge is 2.14. The van der Waals surface area contributed by atoms with Gasteiger partial charge in [0.15, 0.2) is 0 Å². The smallest absolute Gasteiger partial charge is 0.269 e. The SMILES string of the molecule is CC(NC(=O)c1cc(-c2ccccn2)n[nH]1)c1ccccc1. The molecular formula is C17H16N4O. The van der Waals surface area contributed by atoms with Crippen molar-refractivity contribution in [1.29, 1.82) is 0 Å². The van der Waals surface area contributed by atoms with Gasteiger partial charge in [-0.05, 0) is 30.7 Å². The van der Waals surface area contributed by atoms with Crippen molar-refractivity contribution in [2.24, 2.45) is 0 Å².